The maximum atomic E-state index is 13.1. The van der Waals surface area contributed by atoms with Crippen molar-refractivity contribution in [3.05, 3.63) is 63.0 Å². The van der Waals surface area contributed by atoms with Gasteiger partial charge in [-0.05, 0) is 30.9 Å². The number of nitrogens with zero attached hydrogens (tertiary/aromatic N) is 2. The van der Waals surface area contributed by atoms with Crippen molar-refractivity contribution < 1.29 is 19.1 Å². The molecule has 0 amide bonds. The second kappa shape index (κ2) is 9.67. The van der Waals surface area contributed by atoms with Crippen molar-refractivity contribution in [3.8, 4) is 0 Å². The Balaban J connectivity index is 1.90. The summed E-state index contributed by atoms with van der Waals surface area (Å²) in [5.41, 5.74) is 1.02. The van der Waals surface area contributed by atoms with E-state index in [1.165, 1.54) is 10.9 Å². The van der Waals surface area contributed by atoms with Gasteiger partial charge in [0.15, 0.2) is 0 Å². The van der Waals surface area contributed by atoms with E-state index in [-0.39, 0.29) is 12.2 Å². The molecule has 1 unspecified atom stereocenters. The highest BCUT2D eigenvalue weighted by molar-refractivity contribution is 7.20. The van der Waals surface area contributed by atoms with Crippen LogP contribution in [0.3, 0.4) is 0 Å². The van der Waals surface area contributed by atoms with Gasteiger partial charge < -0.3 is 9.47 Å². The van der Waals surface area contributed by atoms with E-state index in [1.807, 2.05) is 37.3 Å². The minimum absolute atomic E-state index is 0.145. The summed E-state index contributed by atoms with van der Waals surface area (Å²) in [7, 11) is 0. The molecular formula is C22H24N2O5S. The number of aryl methyl sites for hydroxylation is 1. The summed E-state index contributed by atoms with van der Waals surface area (Å²) in [6.45, 7) is 5.85. The zero-order chi connectivity index (χ0) is 21.7. The molecule has 0 bridgehead atoms. The van der Waals surface area contributed by atoms with Crippen molar-refractivity contribution >= 4 is 33.5 Å². The monoisotopic (exact) mass is 428 g/mol. The average Bonchev–Trinajstić information content (AvgIpc) is 3.10. The summed E-state index contributed by atoms with van der Waals surface area (Å²) >= 11 is 1.12. The average molecular weight is 429 g/mol. The maximum absolute atomic E-state index is 13.1. The number of esters is 2. The van der Waals surface area contributed by atoms with E-state index in [4.69, 9.17) is 9.47 Å². The fourth-order valence-electron chi connectivity index (χ4n) is 3.12. The van der Waals surface area contributed by atoms with Crippen LogP contribution in [-0.4, -0.2) is 28.1 Å². The number of hydrogen-bond donors (Lipinski definition) is 0. The molecule has 0 saturated heterocycles. The Hall–Kier alpha value is -3.00. The Morgan fingerprint density at radius 1 is 1.17 bits per heavy atom. The maximum Gasteiger partial charge on any atom is 0.349 e. The zero-order valence-corrected chi connectivity index (χ0v) is 18.0. The lowest BCUT2D eigenvalue weighted by Crippen LogP contribution is -2.31. The number of carbonyl (C=O) groups is 2. The summed E-state index contributed by atoms with van der Waals surface area (Å²) in [5, 5.41) is 0.330. The number of hydrogen-bond acceptors (Lipinski definition) is 7. The first-order chi connectivity index (χ1) is 14.5. The first-order valence-electron chi connectivity index (χ1n) is 9.85. The van der Waals surface area contributed by atoms with Crippen molar-refractivity contribution in [2.45, 2.75) is 46.3 Å². The van der Waals surface area contributed by atoms with Gasteiger partial charge in [-0.15, -0.1) is 11.3 Å². The van der Waals surface area contributed by atoms with E-state index in [1.54, 1.807) is 13.8 Å². The normalized spacial score (nSPS) is 12.0. The molecule has 0 spiro atoms. The summed E-state index contributed by atoms with van der Waals surface area (Å²) in [6.07, 6.45) is 2.44. The van der Waals surface area contributed by atoms with Crippen LogP contribution < -0.4 is 5.56 Å². The smallest absolute Gasteiger partial charge is 0.349 e. The number of aromatic nitrogens is 2. The summed E-state index contributed by atoms with van der Waals surface area (Å²) in [6, 6.07) is 8.61. The fourth-order valence-corrected chi connectivity index (χ4v) is 4.15. The fraction of sp³-hybridized carbons (Fsp3) is 0.364. The van der Waals surface area contributed by atoms with Crippen molar-refractivity contribution in [2.24, 2.45) is 0 Å². The third-order valence-electron chi connectivity index (χ3n) is 4.72. The van der Waals surface area contributed by atoms with Gasteiger partial charge in [-0.1, -0.05) is 44.2 Å². The van der Waals surface area contributed by atoms with Gasteiger partial charge in [-0.2, -0.15) is 0 Å². The van der Waals surface area contributed by atoms with Crippen molar-refractivity contribution in [3.63, 3.8) is 0 Å². The Bertz CT molecular complexity index is 1100. The number of carbonyl (C=O) groups excluding carboxylic acids is 2. The van der Waals surface area contributed by atoms with Crippen molar-refractivity contribution in [2.75, 3.05) is 6.61 Å². The van der Waals surface area contributed by atoms with E-state index in [0.717, 1.165) is 16.9 Å². The predicted molar refractivity (Wildman–Crippen MR) is 115 cm³/mol. The molecule has 0 aliphatic heterocycles. The van der Waals surface area contributed by atoms with Gasteiger partial charge in [0.2, 0.25) is 0 Å². The largest absolute Gasteiger partial charge is 0.464 e. The molecule has 1 aromatic carbocycles. The minimum Gasteiger partial charge on any atom is -0.464 e. The van der Waals surface area contributed by atoms with Crippen LogP contribution in [0.5, 0.6) is 0 Å². The quantitative estimate of drug-likeness (QED) is 0.504. The van der Waals surface area contributed by atoms with Crippen LogP contribution in [0.1, 0.15) is 53.5 Å². The van der Waals surface area contributed by atoms with Gasteiger partial charge in [-0.3, -0.25) is 9.36 Å². The number of benzene rings is 1. The van der Waals surface area contributed by atoms with Gasteiger partial charge in [0, 0.05) is 0 Å². The molecule has 3 aromatic rings. The lowest BCUT2D eigenvalue weighted by Gasteiger charge is -2.16. The van der Waals surface area contributed by atoms with Crippen LogP contribution in [0, 0.1) is 6.92 Å². The third-order valence-corrected chi connectivity index (χ3v) is 5.90. The Labute approximate surface area is 178 Å². The molecule has 2 heterocycles. The number of rotatable bonds is 8. The molecule has 30 heavy (non-hydrogen) atoms. The molecule has 0 saturated carbocycles. The molecular weight excluding hydrogens is 404 g/mol. The molecule has 8 heteroatoms. The highest BCUT2D eigenvalue weighted by Gasteiger charge is 2.25. The minimum atomic E-state index is -0.756. The second-order valence-electron chi connectivity index (χ2n) is 6.85. The summed E-state index contributed by atoms with van der Waals surface area (Å²) in [5.74, 6) is -0.960. The lowest BCUT2D eigenvalue weighted by molar-refractivity contribution is -0.147. The number of ether oxygens (including phenoxy) is 2. The molecule has 0 aliphatic carbocycles. The highest BCUT2D eigenvalue weighted by Crippen LogP contribution is 2.28. The first kappa shape index (κ1) is 21.7. The molecule has 0 radical (unpaired) electrons. The summed E-state index contributed by atoms with van der Waals surface area (Å²) in [4.78, 5) is 43.2. The van der Waals surface area contributed by atoms with E-state index in [0.29, 0.717) is 40.1 Å². The van der Waals surface area contributed by atoms with Gasteiger partial charge in [0.05, 0.1) is 18.3 Å². The Morgan fingerprint density at radius 3 is 2.57 bits per heavy atom. The van der Waals surface area contributed by atoms with Gasteiger partial charge in [0.1, 0.15) is 22.4 Å². The van der Waals surface area contributed by atoms with E-state index < -0.39 is 18.0 Å². The Kier molecular flexibility index (Phi) is 6.99. The predicted octanol–water partition coefficient (Wildman–Crippen LogP) is 4.03. The van der Waals surface area contributed by atoms with Gasteiger partial charge in [0.25, 0.3) is 5.56 Å². The van der Waals surface area contributed by atoms with Crippen molar-refractivity contribution in [1.82, 2.24) is 9.55 Å². The molecule has 0 N–H and O–H groups in total. The molecule has 0 aliphatic rings. The van der Waals surface area contributed by atoms with E-state index >= 15 is 0 Å². The zero-order valence-electron chi connectivity index (χ0n) is 17.2. The van der Waals surface area contributed by atoms with Crippen LogP contribution in [0.4, 0.5) is 0 Å². The molecule has 2 aromatic heterocycles. The van der Waals surface area contributed by atoms with Crippen molar-refractivity contribution in [1.29, 1.82) is 0 Å². The second-order valence-corrected chi connectivity index (χ2v) is 7.85. The van der Waals surface area contributed by atoms with E-state index in [2.05, 4.69) is 4.98 Å². The van der Waals surface area contributed by atoms with Crippen LogP contribution in [0.25, 0.3) is 10.2 Å². The lowest BCUT2D eigenvalue weighted by atomic mass is 10.2. The topological polar surface area (TPSA) is 87.5 Å². The molecule has 3 rings (SSSR count). The molecule has 158 valence electrons. The van der Waals surface area contributed by atoms with Gasteiger partial charge >= 0.3 is 11.9 Å². The van der Waals surface area contributed by atoms with Crippen LogP contribution in [-0.2, 0) is 20.9 Å². The van der Waals surface area contributed by atoms with Crippen LogP contribution in [0.15, 0.2) is 41.5 Å². The Morgan fingerprint density at radius 2 is 1.90 bits per heavy atom. The van der Waals surface area contributed by atoms with E-state index in [9.17, 15) is 14.4 Å². The van der Waals surface area contributed by atoms with Crippen LogP contribution in [0.2, 0.25) is 0 Å². The van der Waals surface area contributed by atoms with Crippen LogP contribution >= 0.6 is 11.3 Å². The van der Waals surface area contributed by atoms with Gasteiger partial charge in [-0.25, -0.2) is 14.6 Å². The molecule has 0 fully saturated rings. The first-order valence-corrected chi connectivity index (χ1v) is 10.7. The summed E-state index contributed by atoms with van der Waals surface area (Å²) < 4.78 is 11.9. The third kappa shape index (κ3) is 4.43. The highest BCUT2D eigenvalue weighted by atomic mass is 32.1. The number of fused-ring (bicyclic) bond motifs is 1. The SMILES string of the molecule is CCCOC(=O)C(CC)n1cnc2sc(C(=O)OCc3ccccc3)c(C)c2c1=O. The number of thiophene rings is 1. The standard InChI is InChI=1S/C22H24N2O5S/c1-4-11-28-21(26)16(5-2)24-13-23-19-17(20(24)25)14(3)18(30-19)22(27)29-12-15-9-7-6-8-10-15/h6-10,13,16H,4-5,11-12H2,1-3H3. The molecule has 1 atom stereocenters. The molecule has 7 nitrogen and oxygen atoms in total.